The van der Waals surface area contributed by atoms with Gasteiger partial charge in [-0.2, -0.15) is 13.2 Å². The van der Waals surface area contributed by atoms with Gasteiger partial charge < -0.3 is 5.32 Å². The van der Waals surface area contributed by atoms with E-state index in [1.807, 2.05) is 0 Å². The van der Waals surface area contributed by atoms with E-state index in [0.717, 1.165) is 6.07 Å². The predicted octanol–water partition coefficient (Wildman–Crippen LogP) is 4.15. The molecule has 1 amide bonds. The maximum atomic E-state index is 13.4. The largest absolute Gasteiger partial charge is 0.417 e. The number of alkyl halides is 3. The van der Waals surface area contributed by atoms with Crippen molar-refractivity contribution in [1.82, 2.24) is 4.98 Å². The molecule has 1 aromatic carbocycles. The second kappa shape index (κ2) is 5.69. The van der Waals surface area contributed by atoms with Crippen LogP contribution in [-0.2, 0) is 6.18 Å². The second-order valence-electron chi connectivity index (χ2n) is 3.99. The van der Waals surface area contributed by atoms with Gasteiger partial charge in [-0.15, -0.1) is 0 Å². The Morgan fingerprint density at radius 2 is 1.90 bits per heavy atom. The lowest BCUT2D eigenvalue weighted by molar-refractivity contribution is -0.137. The normalized spacial score (nSPS) is 11.3. The fourth-order valence-corrected chi connectivity index (χ4v) is 1.72. The van der Waals surface area contributed by atoms with Crippen LogP contribution in [0.2, 0.25) is 5.02 Å². The number of nitrogens with zero attached hydrogens (tertiary/aromatic N) is 1. The number of aromatic nitrogens is 1. The van der Waals surface area contributed by atoms with Gasteiger partial charge in [0.1, 0.15) is 5.82 Å². The first-order chi connectivity index (χ1) is 9.79. The lowest BCUT2D eigenvalue weighted by Gasteiger charge is -2.10. The summed E-state index contributed by atoms with van der Waals surface area (Å²) in [5.41, 5.74) is -1.31. The maximum Gasteiger partial charge on any atom is 0.417 e. The minimum Gasteiger partial charge on any atom is -0.305 e. The summed E-state index contributed by atoms with van der Waals surface area (Å²) in [6.45, 7) is 0. The van der Waals surface area contributed by atoms with Crippen LogP contribution in [0.15, 0.2) is 36.5 Å². The molecule has 3 nitrogen and oxygen atoms in total. The first kappa shape index (κ1) is 15.2. The standard InChI is InChI=1S/C13H7ClF4N2O/c14-9-5-7(13(16,17)18)6-19-11(9)20-12(21)8-3-1-2-4-10(8)15/h1-6H,(H,19,20,21). The Balaban J connectivity index is 2.25. The number of halogens is 5. The summed E-state index contributed by atoms with van der Waals surface area (Å²) in [6, 6.07) is 5.78. The molecule has 0 saturated carbocycles. The number of hydrogen-bond donors (Lipinski definition) is 1. The van der Waals surface area contributed by atoms with Crippen molar-refractivity contribution in [2.24, 2.45) is 0 Å². The van der Waals surface area contributed by atoms with Gasteiger partial charge in [-0.1, -0.05) is 23.7 Å². The number of nitrogens with one attached hydrogen (secondary N) is 1. The fraction of sp³-hybridized carbons (Fsp3) is 0.0769. The van der Waals surface area contributed by atoms with Crippen molar-refractivity contribution < 1.29 is 22.4 Å². The smallest absolute Gasteiger partial charge is 0.305 e. The molecular formula is C13H7ClF4N2O. The Kier molecular flexibility index (Phi) is 4.13. The van der Waals surface area contributed by atoms with E-state index >= 15 is 0 Å². The molecule has 0 fully saturated rings. The minimum atomic E-state index is -4.59. The zero-order valence-corrected chi connectivity index (χ0v) is 11.0. The fourth-order valence-electron chi connectivity index (χ4n) is 1.51. The van der Waals surface area contributed by atoms with Crippen molar-refractivity contribution in [2.45, 2.75) is 6.18 Å². The molecule has 0 spiro atoms. The Hall–Kier alpha value is -2.15. The zero-order valence-electron chi connectivity index (χ0n) is 10.2. The van der Waals surface area contributed by atoms with Crippen LogP contribution in [-0.4, -0.2) is 10.9 Å². The highest BCUT2D eigenvalue weighted by atomic mass is 35.5. The third-order valence-electron chi connectivity index (χ3n) is 2.52. The molecule has 0 aliphatic carbocycles. The summed E-state index contributed by atoms with van der Waals surface area (Å²) in [5, 5.41) is 1.76. The van der Waals surface area contributed by atoms with Gasteiger partial charge in [-0.3, -0.25) is 4.79 Å². The lowest BCUT2D eigenvalue weighted by Crippen LogP contribution is -2.15. The van der Waals surface area contributed by atoms with E-state index in [2.05, 4.69) is 10.3 Å². The second-order valence-corrected chi connectivity index (χ2v) is 4.39. The van der Waals surface area contributed by atoms with E-state index in [-0.39, 0.29) is 11.4 Å². The SMILES string of the molecule is O=C(Nc1ncc(C(F)(F)F)cc1Cl)c1ccccc1F. The van der Waals surface area contributed by atoms with Gasteiger partial charge in [0.2, 0.25) is 0 Å². The molecule has 2 rings (SSSR count). The third-order valence-corrected chi connectivity index (χ3v) is 2.81. The Labute approximate surface area is 121 Å². The van der Waals surface area contributed by atoms with E-state index < -0.39 is 28.5 Å². The average Bonchev–Trinajstić information content (AvgIpc) is 2.40. The summed E-state index contributed by atoms with van der Waals surface area (Å²) in [6.07, 6.45) is -4.06. The topological polar surface area (TPSA) is 42.0 Å². The molecular weight excluding hydrogens is 312 g/mol. The van der Waals surface area contributed by atoms with Crippen molar-refractivity contribution in [3.63, 3.8) is 0 Å². The van der Waals surface area contributed by atoms with Crippen LogP contribution in [0.3, 0.4) is 0 Å². The third kappa shape index (κ3) is 3.49. The van der Waals surface area contributed by atoms with Crippen LogP contribution in [0, 0.1) is 5.82 Å². The van der Waals surface area contributed by atoms with E-state index in [0.29, 0.717) is 12.3 Å². The molecule has 0 aliphatic rings. The number of rotatable bonds is 2. The van der Waals surface area contributed by atoms with E-state index in [9.17, 15) is 22.4 Å². The molecule has 2 aromatic rings. The van der Waals surface area contributed by atoms with Gasteiger partial charge >= 0.3 is 6.18 Å². The number of benzene rings is 1. The monoisotopic (exact) mass is 318 g/mol. The molecule has 1 heterocycles. The predicted molar refractivity (Wildman–Crippen MR) is 68.6 cm³/mol. The summed E-state index contributed by atoms with van der Waals surface area (Å²) < 4.78 is 50.7. The molecule has 1 N–H and O–H groups in total. The Morgan fingerprint density at radius 3 is 2.48 bits per heavy atom. The van der Waals surface area contributed by atoms with Gasteiger partial charge in [0.25, 0.3) is 5.91 Å². The number of carbonyl (C=O) groups is 1. The number of hydrogen-bond acceptors (Lipinski definition) is 2. The van der Waals surface area contributed by atoms with Crippen LogP contribution in [0.1, 0.15) is 15.9 Å². The van der Waals surface area contributed by atoms with E-state index in [1.165, 1.54) is 18.2 Å². The molecule has 1 aromatic heterocycles. The van der Waals surface area contributed by atoms with Crippen LogP contribution in [0.4, 0.5) is 23.4 Å². The Morgan fingerprint density at radius 1 is 1.24 bits per heavy atom. The van der Waals surface area contributed by atoms with Gasteiger partial charge in [-0.05, 0) is 18.2 Å². The van der Waals surface area contributed by atoms with Crippen LogP contribution in [0.5, 0.6) is 0 Å². The highest BCUT2D eigenvalue weighted by Gasteiger charge is 2.31. The quantitative estimate of drug-likeness (QED) is 0.845. The van der Waals surface area contributed by atoms with Crippen LogP contribution >= 0.6 is 11.6 Å². The summed E-state index contributed by atoms with van der Waals surface area (Å²) in [7, 11) is 0. The first-order valence-corrected chi connectivity index (χ1v) is 5.95. The van der Waals surface area contributed by atoms with Gasteiger partial charge in [0.15, 0.2) is 5.82 Å². The summed E-state index contributed by atoms with van der Waals surface area (Å²) in [5.74, 6) is -1.90. The molecule has 0 aliphatic heterocycles. The van der Waals surface area contributed by atoms with Crippen molar-refractivity contribution >= 4 is 23.3 Å². The molecule has 110 valence electrons. The van der Waals surface area contributed by atoms with Crippen molar-refractivity contribution in [3.8, 4) is 0 Å². The highest BCUT2D eigenvalue weighted by Crippen LogP contribution is 2.32. The molecule has 0 bridgehead atoms. The number of anilines is 1. The summed E-state index contributed by atoms with van der Waals surface area (Å²) >= 11 is 5.64. The van der Waals surface area contributed by atoms with E-state index in [4.69, 9.17) is 11.6 Å². The van der Waals surface area contributed by atoms with Crippen molar-refractivity contribution in [1.29, 1.82) is 0 Å². The van der Waals surface area contributed by atoms with Crippen molar-refractivity contribution in [2.75, 3.05) is 5.32 Å². The molecule has 0 atom stereocenters. The first-order valence-electron chi connectivity index (χ1n) is 5.57. The van der Waals surface area contributed by atoms with Crippen LogP contribution in [0.25, 0.3) is 0 Å². The Bertz CT molecular complexity index is 688. The minimum absolute atomic E-state index is 0.268. The van der Waals surface area contributed by atoms with Gasteiger partial charge in [0.05, 0.1) is 16.1 Å². The molecule has 0 saturated heterocycles. The zero-order chi connectivity index (χ0) is 15.6. The van der Waals surface area contributed by atoms with Crippen molar-refractivity contribution in [3.05, 3.63) is 58.5 Å². The van der Waals surface area contributed by atoms with Gasteiger partial charge in [0, 0.05) is 6.20 Å². The van der Waals surface area contributed by atoms with Gasteiger partial charge in [-0.25, -0.2) is 9.37 Å². The average molecular weight is 319 g/mol. The number of carbonyl (C=O) groups excluding carboxylic acids is 1. The molecule has 8 heteroatoms. The summed E-state index contributed by atoms with van der Waals surface area (Å²) in [4.78, 5) is 15.2. The number of amides is 1. The molecule has 21 heavy (non-hydrogen) atoms. The molecule has 0 unspecified atom stereocenters. The lowest BCUT2D eigenvalue weighted by atomic mass is 10.2. The highest BCUT2D eigenvalue weighted by molar-refractivity contribution is 6.33. The van der Waals surface area contributed by atoms with Crippen LogP contribution < -0.4 is 5.32 Å². The number of pyridine rings is 1. The maximum absolute atomic E-state index is 13.4. The van der Waals surface area contributed by atoms with E-state index in [1.54, 1.807) is 0 Å². The molecule has 0 radical (unpaired) electrons.